The largest absolute Gasteiger partial charge is 0.513 e. The van der Waals surface area contributed by atoms with E-state index in [-0.39, 0.29) is 0 Å². The molecule has 0 atom stereocenters. The van der Waals surface area contributed by atoms with E-state index in [1.54, 1.807) is 0 Å². The number of hydrogen-bond acceptors (Lipinski definition) is 0. The Kier molecular flexibility index (Phi) is 2.80. The maximum atomic E-state index is 2.08. The van der Waals surface area contributed by atoms with Gasteiger partial charge >= 0.3 is 5.82 Å². The summed E-state index contributed by atoms with van der Waals surface area (Å²) in [5, 5.41) is 0. The first kappa shape index (κ1) is 10.6. The minimum Gasteiger partial charge on any atom is -0.106 e. The monoisotopic (exact) mass is 236 g/mol. The highest BCUT2D eigenvalue weighted by Crippen LogP contribution is 1.90. The Morgan fingerprint density at radius 2 is 1.17 bits per heavy atom. The maximum absolute atomic E-state index is 2.08. The number of hydrogen-bond donors (Lipinski definition) is 0. The van der Waals surface area contributed by atoms with Gasteiger partial charge in [0, 0.05) is 30.3 Å². The van der Waals surface area contributed by atoms with Crippen molar-refractivity contribution in [1.29, 1.82) is 0 Å². The van der Waals surface area contributed by atoms with E-state index in [1.165, 1.54) is 0 Å². The molecule has 3 aromatic rings. The van der Waals surface area contributed by atoms with E-state index >= 15 is 0 Å². The van der Waals surface area contributed by atoms with Gasteiger partial charge in [-0.2, -0.15) is 0 Å². The average Bonchev–Trinajstić information content (AvgIpc) is 2.49. The molecule has 0 aliphatic carbocycles. The van der Waals surface area contributed by atoms with Gasteiger partial charge in [-0.3, -0.25) is 0 Å². The van der Waals surface area contributed by atoms with E-state index in [9.17, 15) is 0 Å². The molecule has 86 valence electrons. The van der Waals surface area contributed by atoms with E-state index in [4.69, 9.17) is 0 Å². The third kappa shape index (κ3) is 1.98. The van der Waals surface area contributed by atoms with Crippen LogP contribution in [0.25, 0.3) is 5.82 Å². The molecule has 18 heavy (non-hydrogen) atoms. The van der Waals surface area contributed by atoms with Crippen LogP contribution in [-0.4, -0.2) is 0 Å². The average molecular weight is 236 g/mol. The molecule has 0 amide bonds. The lowest BCUT2D eigenvalue weighted by atomic mass is 10.4. The first-order valence-electron chi connectivity index (χ1n) is 5.89. The summed E-state index contributed by atoms with van der Waals surface area (Å²) >= 11 is 0. The van der Waals surface area contributed by atoms with Gasteiger partial charge in [0.25, 0.3) is 0 Å². The molecular weight excluding hydrogens is 222 g/mol. The maximum Gasteiger partial charge on any atom is 0.513 e. The first-order chi connectivity index (χ1) is 8.95. The Balaban J connectivity index is 2.18. The summed E-state index contributed by atoms with van der Waals surface area (Å²) in [4.78, 5) is 0. The van der Waals surface area contributed by atoms with Gasteiger partial charge in [-0.25, -0.2) is 0 Å². The molecule has 0 N–H and O–H groups in total. The third-order valence-electron chi connectivity index (χ3n) is 2.75. The lowest BCUT2D eigenvalue weighted by molar-refractivity contribution is -1.30. The molecule has 3 heteroatoms. The van der Waals surface area contributed by atoms with Crippen LogP contribution < -0.4 is 13.9 Å². The highest BCUT2D eigenvalue weighted by molar-refractivity contribution is 5.03. The van der Waals surface area contributed by atoms with Crippen LogP contribution >= 0.6 is 0 Å². The van der Waals surface area contributed by atoms with Crippen molar-refractivity contribution in [3.63, 3.8) is 0 Å². The fraction of sp³-hybridized carbons (Fsp3) is 0. The van der Waals surface area contributed by atoms with Crippen LogP contribution in [0.1, 0.15) is 0 Å². The van der Waals surface area contributed by atoms with Gasteiger partial charge in [0.2, 0.25) is 18.6 Å². The number of rotatable bonds is 2. The van der Waals surface area contributed by atoms with Crippen molar-refractivity contribution < 1.29 is 13.9 Å². The molecule has 3 heterocycles. The molecule has 3 aromatic heterocycles. The van der Waals surface area contributed by atoms with Gasteiger partial charge in [0.05, 0.1) is 10.7 Å². The lowest BCUT2D eigenvalue weighted by Gasteiger charge is -1.92. The summed E-state index contributed by atoms with van der Waals surface area (Å²) in [6, 6.07) is 18.2. The second-order valence-corrected chi connectivity index (χ2v) is 3.94. The van der Waals surface area contributed by atoms with Crippen molar-refractivity contribution >= 4 is 0 Å². The predicted octanol–water partition coefficient (Wildman–Crippen LogP) is 0.850. The Morgan fingerprint density at radius 3 is 1.89 bits per heavy atom. The smallest absolute Gasteiger partial charge is 0.106 e. The van der Waals surface area contributed by atoms with Crippen molar-refractivity contribution in [2.24, 2.45) is 0 Å². The molecule has 0 radical (unpaired) electrons. The molecule has 0 aliphatic rings. The Hall–Kier alpha value is -2.55. The van der Waals surface area contributed by atoms with Crippen LogP contribution in [0.4, 0.5) is 0 Å². The minimum absolute atomic E-state index is 1.08. The fourth-order valence-electron chi connectivity index (χ4n) is 1.91. The van der Waals surface area contributed by atoms with Crippen molar-refractivity contribution in [3.8, 4) is 5.82 Å². The van der Waals surface area contributed by atoms with E-state index in [1.807, 2.05) is 84.2 Å². The van der Waals surface area contributed by atoms with Crippen LogP contribution in [0.2, 0.25) is 0 Å². The standard InChI is InChI=1S/C15H14N3/c1-4-10-16(11-5-1)15-9-3-8-14-18(15)17-12-6-2-7-13-17/h1-14H/q+3. The topological polar surface area (TPSA) is 11.6 Å². The van der Waals surface area contributed by atoms with Gasteiger partial charge < -0.3 is 0 Å². The summed E-state index contributed by atoms with van der Waals surface area (Å²) < 4.78 is 6.20. The zero-order valence-corrected chi connectivity index (χ0v) is 9.92. The molecule has 0 fully saturated rings. The molecular formula is C15H14N3+3. The quantitative estimate of drug-likeness (QED) is 0.585. The summed E-state index contributed by atoms with van der Waals surface area (Å²) in [5.41, 5.74) is 0. The molecule has 0 aromatic carbocycles. The second-order valence-electron chi connectivity index (χ2n) is 3.94. The van der Waals surface area contributed by atoms with Gasteiger partial charge in [-0.05, 0) is 12.1 Å². The van der Waals surface area contributed by atoms with Crippen molar-refractivity contribution in [3.05, 3.63) is 85.6 Å². The van der Waals surface area contributed by atoms with Crippen LogP contribution in [0.5, 0.6) is 0 Å². The van der Waals surface area contributed by atoms with E-state index in [0.717, 1.165) is 5.82 Å². The predicted molar refractivity (Wildman–Crippen MR) is 65.6 cm³/mol. The highest BCUT2D eigenvalue weighted by atomic mass is 15.5. The molecule has 0 spiro atoms. The molecule has 0 saturated carbocycles. The molecule has 3 rings (SSSR count). The summed E-state index contributed by atoms with van der Waals surface area (Å²) in [6.07, 6.45) is 10.2. The second kappa shape index (κ2) is 4.75. The Labute approximate surface area is 106 Å². The molecule has 0 aliphatic heterocycles. The van der Waals surface area contributed by atoms with Crippen LogP contribution in [0, 0.1) is 0 Å². The van der Waals surface area contributed by atoms with E-state index < -0.39 is 0 Å². The Morgan fingerprint density at radius 1 is 0.556 bits per heavy atom. The van der Waals surface area contributed by atoms with E-state index in [0.29, 0.717) is 0 Å². The van der Waals surface area contributed by atoms with Gasteiger partial charge in [0.1, 0.15) is 4.68 Å². The Bertz CT molecular complexity index is 578. The van der Waals surface area contributed by atoms with Gasteiger partial charge in [-0.15, -0.1) is 4.57 Å². The third-order valence-corrected chi connectivity index (χ3v) is 2.75. The molecule has 0 saturated heterocycles. The van der Waals surface area contributed by atoms with Crippen LogP contribution in [0.3, 0.4) is 0 Å². The number of aromatic nitrogens is 3. The summed E-state index contributed by atoms with van der Waals surface area (Å²) in [7, 11) is 0. The lowest BCUT2D eigenvalue weighted by Crippen LogP contribution is -2.70. The number of nitrogens with zero attached hydrogens (tertiary/aromatic N) is 3. The fourth-order valence-corrected chi connectivity index (χ4v) is 1.91. The van der Waals surface area contributed by atoms with Gasteiger partial charge in [0.15, 0.2) is 12.4 Å². The van der Waals surface area contributed by atoms with Crippen LogP contribution in [0.15, 0.2) is 85.6 Å². The number of pyridine rings is 3. The van der Waals surface area contributed by atoms with E-state index in [2.05, 4.69) is 15.3 Å². The summed E-state index contributed by atoms with van der Waals surface area (Å²) in [5.74, 6) is 1.08. The zero-order chi connectivity index (χ0) is 12.2. The van der Waals surface area contributed by atoms with Gasteiger partial charge in [-0.1, -0.05) is 6.07 Å². The molecule has 3 nitrogen and oxygen atoms in total. The highest BCUT2D eigenvalue weighted by Gasteiger charge is 2.26. The van der Waals surface area contributed by atoms with Crippen molar-refractivity contribution in [2.45, 2.75) is 0 Å². The summed E-state index contributed by atoms with van der Waals surface area (Å²) in [6.45, 7) is 0. The van der Waals surface area contributed by atoms with Crippen LogP contribution in [-0.2, 0) is 0 Å². The zero-order valence-electron chi connectivity index (χ0n) is 9.92. The first-order valence-corrected chi connectivity index (χ1v) is 5.89. The molecule has 0 bridgehead atoms. The SMILES string of the molecule is c1cc[n+](-c2cccc[n+]2-[n+]2ccccc2)cc1. The normalized spacial score (nSPS) is 10.2. The van der Waals surface area contributed by atoms with Crippen molar-refractivity contribution in [1.82, 2.24) is 0 Å². The van der Waals surface area contributed by atoms with Crippen molar-refractivity contribution in [2.75, 3.05) is 0 Å². The minimum atomic E-state index is 1.08. The molecule has 0 unspecified atom stereocenters.